The molecule has 0 aromatic carbocycles. The van der Waals surface area contributed by atoms with Crippen LogP contribution in [0.15, 0.2) is 20.8 Å². The van der Waals surface area contributed by atoms with Gasteiger partial charge in [-0.15, -0.1) is 0 Å². The summed E-state index contributed by atoms with van der Waals surface area (Å²) in [6.07, 6.45) is 8.08. The predicted molar refractivity (Wildman–Crippen MR) is 75.8 cm³/mol. The van der Waals surface area contributed by atoms with Crippen molar-refractivity contribution in [3.63, 3.8) is 0 Å². The molecule has 6 nitrogen and oxygen atoms in total. The molecule has 1 heterocycles. The van der Waals surface area contributed by atoms with Gasteiger partial charge in [0.2, 0.25) is 0 Å². The first kappa shape index (κ1) is 13.6. The first-order valence-electron chi connectivity index (χ1n) is 6.66. The maximum atomic E-state index is 11.5. The van der Waals surface area contributed by atoms with Gasteiger partial charge in [-0.25, -0.2) is 4.79 Å². The van der Waals surface area contributed by atoms with Crippen LogP contribution in [0.5, 0.6) is 0 Å². The third-order valence-corrected chi connectivity index (χ3v) is 3.58. The summed E-state index contributed by atoms with van der Waals surface area (Å²) >= 11 is 0. The number of aromatic amines is 1. The minimum atomic E-state index is -0.429. The molecule has 6 heteroatoms. The van der Waals surface area contributed by atoms with Crippen LogP contribution in [0.4, 0.5) is 5.82 Å². The average Bonchev–Trinajstić information content (AvgIpc) is 2.42. The molecule has 0 amide bonds. The van der Waals surface area contributed by atoms with Crippen LogP contribution < -0.4 is 16.3 Å². The molecule has 0 aliphatic heterocycles. The lowest BCUT2D eigenvalue weighted by Crippen LogP contribution is -2.33. The standard InChI is InChI=1S/C13H20N4O2/c1-16-12(18)8-11(15-13(16)19)17(2)14-9-10-6-4-3-5-7-10/h8-10H,3-7H2,1-2H3,(H,15,19)/b14-9+. The molecule has 0 radical (unpaired) electrons. The van der Waals surface area contributed by atoms with E-state index in [1.54, 1.807) is 7.05 Å². The van der Waals surface area contributed by atoms with Crippen molar-refractivity contribution >= 4 is 12.0 Å². The van der Waals surface area contributed by atoms with Crippen molar-refractivity contribution in [2.45, 2.75) is 32.1 Å². The summed E-state index contributed by atoms with van der Waals surface area (Å²) in [4.78, 5) is 25.7. The molecule has 2 rings (SSSR count). The Morgan fingerprint density at radius 3 is 2.68 bits per heavy atom. The summed E-state index contributed by atoms with van der Waals surface area (Å²) in [5.74, 6) is 0.926. The van der Waals surface area contributed by atoms with Crippen LogP contribution in [0.2, 0.25) is 0 Å². The van der Waals surface area contributed by atoms with Gasteiger partial charge in [-0.1, -0.05) is 19.3 Å². The van der Waals surface area contributed by atoms with Crippen molar-refractivity contribution < 1.29 is 0 Å². The zero-order valence-corrected chi connectivity index (χ0v) is 11.4. The summed E-state index contributed by atoms with van der Waals surface area (Å²) in [5, 5.41) is 5.86. The fourth-order valence-corrected chi connectivity index (χ4v) is 2.26. The number of hydrazone groups is 1. The maximum absolute atomic E-state index is 11.5. The molecule has 1 aromatic rings. The van der Waals surface area contributed by atoms with Crippen molar-refractivity contribution in [1.29, 1.82) is 0 Å². The van der Waals surface area contributed by atoms with E-state index >= 15 is 0 Å². The van der Waals surface area contributed by atoms with Gasteiger partial charge in [0, 0.05) is 26.4 Å². The molecule has 104 valence electrons. The zero-order valence-electron chi connectivity index (χ0n) is 11.4. The SMILES string of the molecule is CN(/N=C/C1CCCCC1)c1cc(=O)n(C)c(=O)[nH]1. The second-order valence-electron chi connectivity index (χ2n) is 5.04. The van der Waals surface area contributed by atoms with E-state index in [1.807, 2.05) is 6.21 Å². The van der Waals surface area contributed by atoms with Crippen LogP contribution in [0.25, 0.3) is 0 Å². The predicted octanol–water partition coefficient (Wildman–Crippen LogP) is 1.08. The number of H-pyrrole nitrogens is 1. The second kappa shape index (κ2) is 5.86. The first-order valence-corrected chi connectivity index (χ1v) is 6.66. The van der Waals surface area contributed by atoms with Gasteiger partial charge in [0.25, 0.3) is 5.56 Å². The topological polar surface area (TPSA) is 70.5 Å². The monoisotopic (exact) mass is 264 g/mol. The Labute approximate surface area is 111 Å². The number of nitrogens with one attached hydrogen (secondary N) is 1. The van der Waals surface area contributed by atoms with Crippen molar-refractivity contribution in [2.24, 2.45) is 18.1 Å². The van der Waals surface area contributed by atoms with Crippen molar-refractivity contribution in [3.05, 3.63) is 26.9 Å². The highest BCUT2D eigenvalue weighted by Crippen LogP contribution is 2.22. The second-order valence-corrected chi connectivity index (χ2v) is 5.04. The van der Waals surface area contributed by atoms with Gasteiger partial charge < -0.3 is 0 Å². The third kappa shape index (κ3) is 3.33. The number of hydrogen-bond donors (Lipinski definition) is 1. The number of aromatic nitrogens is 2. The summed E-state index contributed by atoms with van der Waals surface area (Å²) in [7, 11) is 3.17. The van der Waals surface area contributed by atoms with Gasteiger partial charge in [0.1, 0.15) is 5.82 Å². The van der Waals surface area contributed by atoms with Crippen LogP contribution in [-0.2, 0) is 7.05 Å². The Morgan fingerprint density at radius 1 is 1.37 bits per heavy atom. The normalized spacial score (nSPS) is 16.9. The molecule has 19 heavy (non-hydrogen) atoms. The van der Waals surface area contributed by atoms with Crippen LogP contribution in [-0.4, -0.2) is 22.8 Å². The first-order chi connectivity index (χ1) is 9.08. The van der Waals surface area contributed by atoms with Crippen molar-refractivity contribution in [2.75, 3.05) is 12.1 Å². The third-order valence-electron chi connectivity index (χ3n) is 3.58. The van der Waals surface area contributed by atoms with E-state index in [9.17, 15) is 9.59 Å². The molecular formula is C13H20N4O2. The van der Waals surface area contributed by atoms with Crippen molar-refractivity contribution in [3.8, 4) is 0 Å². The number of rotatable bonds is 3. The van der Waals surface area contributed by atoms with Crippen LogP contribution in [0.1, 0.15) is 32.1 Å². The van der Waals surface area contributed by atoms with E-state index in [1.165, 1.54) is 50.2 Å². The van der Waals surface area contributed by atoms with Crippen LogP contribution >= 0.6 is 0 Å². The minimum absolute atomic E-state index is 0.335. The van der Waals surface area contributed by atoms with E-state index in [4.69, 9.17) is 0 Å². The van der Waals surface area contributed by atoms with E-state index in [0.29, 0.717) is 11.7 Å². The highest BCUT2D eigenvalue weighted by Gasteiger charge is 2.11. The molecule has 1 aliphatic carbocycles. The van der Waals surface area contributed by atoms with E-state index in [0.717, 1.165) is 4.57 Å². The Bertz CT molecular complexity index is 535. The molecule has 1 saturated carbocycles. The van der Waals surface area contributed by atoms with Gasteiger partial charge in [-0.05, 0) is 18.8 Å². The molecular weight excluding hydrogens is 244 g/mol. The van der Waals surface area contributed by atoms with Crippen LogP contribution in [0, 0.1) is 5.92 Å². The molecule has 1 aromatic heterocycles. The summed E-state index contributed by atoms with van der Waals surface area (Å²) < 4.78 is 1.03. The highest BCUT2D eigenvalue weighted by atomic mass is 16.2. The smallest absolute Gasteiger partial charge is 0.292 e. The molecule has 0 unspecified atom stereocenters. The molecule has 1 aliphatic rings. The Kier molecular flexibility index (Phi) is 4.19. The van der Waals surface area contributed by atoms with Gasteiger partial charge in [0.15, 0.2) is 0 Å². The highest BCUT2D eigenvalue weighted by molar-refractivity contribution is 5.62. The largest absolute Gasteiger partial charge is 0.329 e. The Balaban J connectivity index is 2.11. The summed E-state index contributed by atoms with van der Waals surface area (Å²) in [6, 6.07) is 1.37. The number of nitrogens with zero attached hydrogens (tertiary/aromatic N) is 3. The fraction of sp³-hybridized carbons (Fsp3) is 0.615. The maximum Gasteiger partial charge on any atom is 0.329 e. The van der Waals surface area contributed by atoms with Gasteiger partial charge >= 0.3 is 5.69 Å². The van der Waals surface area contributed by atoms with Gasteiger partial charge in [0.05, 0.1) is 0 Å². The molecule has 1 N–H and O–H groups in total. The fourth-order valence-electron chi connectivity index (χ4n) is 2.26. The number of hydrogen-bond acceptors (Lipinski definition) is 4. The van der Waals surface area contributed by atoms with Gasteiger partial charge in [-0.3, -0.25) is 19.4 Å². The molecule has 0 bridgehead atoms. The molecule has 0 atom stereocenters. The van der Waals surface area contributed by atoms with E-state index < -0.39 is 5.69 Å². The zero-order chi connectivity index (χ0) is 13.8. The molecule has 1 fully saturated rings. The minimum Gasteiger partial charge on any atom is -0.292 e. The average molecular weight is 264 g/mol. The lowest BCUT2D eigenvalue weighted by Gasteiger charge is -2.18. The molecule has 0 spiro atoms. The van der Waals surface area contributed by atoms with Crippen LogP contribution in [0.3, 0.4) is 0 Å². The Morgan fingerprint density at radius 2 is 2.05 bits per heavy atom. The van der Waals surface area contributed by atoms with E-state index in [2.05, 4.69) is 10.1 Å². The Hall–Kier alpha value is -1.85. The van der Waals surface area contributed by atoms with E-state index in [-0.39, 0.29) is 5.56 Å². The lowest BCUT2D eigenvalue weighted by atomic mass is 9.90. The molecule has 0 saturated heterocycles. The number of anilines is 1. The summed E-state index contributed by atoms with van der Waals surface area (Å²) in [5.41, 5.74) is -0.763. The quantitative estimate of drug-likeness (QED) is 0.656. The summed E-state index contributed by atoms with van der Waals surface area (Å²) in [6.45, 7) is 0. The van der Waals surface area contributed by atoms with Crippen molar-refractivity contribution in [1.82, 2.24) is 9.55 Å². The van der Waals surface area contributed by atoms with Gasteiger partial charge in [-0.2, -0.15) is 5.10 Å². The lowest BCUT2D eigenvalue weighted by molar-refractivity contribution is 0.444.